The summed E-state index contributed by atoms with van der Waals surface area (Å²) in [5.74, 6) is 1.11. The Morgan fingerprint density at radius 1 is 1.15 bits per heavy atom. The Labute approximate surface area is 78.9 Å². The van der Waals surface area contributed by atoms with E-state index in [1.807, 2.05) is 0 Å². The lowest BCUT2D eigenvalue weighted by molar-refractivity contribution is 0.136. The van der Waals surface area contributed by atoms with Crippen molar-refractivity contribution in [1.82, 2.24) is 9.97 Å². The van der Waals surface area contributed by atoms with Crippen molar-refractivity contribution in [3.8, 4) is 0 Å². The van der Waals surface area contributed by atoms with Gasteiger partial charge in [0, 0.05) is 18.3 Å². The number of hydrogen-bond donors (Lipinski definition) is 1. The van der Waals surface area contributed by atoms with Crippen LogP contribution in [-0.4, -0.2) is 21.2 Å². The van der Waals surface area contributed by atoms with E-state index in [0.717, 1.165) is 5.82 Å². The molecule has 0 radical (unpaired) electrons. The van der Waals surface area contributed by atoms with Gasteiger partial charge in [0.2, 0.25) is 0 Å². The van der Waals surface area contributed by atoms with Gasteiger partial charge in [-0.1, -0.05) is 13.8 Å². The van der Waals surface area contributed by atoms with Crippen molar-refractivity contribution in [3.63, 3.8) is 0 Å². The van der Waals surface area contributed by atoms with Gasteiger partial charge in [0.25, 0.3) is 0 Å². The van der Waals surface area contributed by atoms with Crippen LogP contribution in [0.1, 0.15) is 32.5 Å². The van der Waals surface area contributed by atoms with E-state index in [2.05, 4.69) is 23.8 Å². The van der Waals surface area contributed by atoms with Crippen LogP contribution >= 0.6 is 0 Å². The fourth-order valence-corrected chi connectivity index (χ4v) is 1.55. The van der Waals surface area contributed by atoms with E-state index in [1.165, 1.54) is 0 Å². The first-order chi connectivity index (χ1) is 6.13. The molecule has 1 rings (SSSR count). The van der Waals surface area contributed by atoms with Gasteiger partial charge in [-0.2, -0.15) is 0 Å². The third-order valence-electron chi connectivity index (χ3n) is 2.12. The van der Waals surface area contributed by atoms with Gasteiger partial charge in [-0.15, -0.1) is 0 Å². The molecule has 1 N–H and O–H groups in total. The Hall–Kier alpha value is -0.960. The zero-order chi connectivity index (χ0) is 9.84. The maximum absolute atomic E-state index is 9.56. The van der Waals surface area contributed by atoms with E-state index in [-0.39, 0.29) is 5.92 Å². The predicted octanol–water partition coefficient (Wildman–Crippen LogP) is 1.60. The third-order valence-corrected chi connectivity index (χ3v) is 2.12. The zero-order valence-corrected chi connectivity index (χ0v) is 8.31. The average molecular weight is 180 g/mol. The summed E-state index contributed by atoms with van der Waals surface area (Å²) in [4.78, 5) is 8.30. The maximum atomic E-state index is 9.56. The molecule has 0 fully saturated rings. The molecule has 0 amide bonds. The molecular weight excluding hydrogens is 164 g/mol. The van der Waals surface area contributed by atoms with Crippen molar-refractivity contribution >= 4 is 0 Å². The number of aliphatic hydroxyl groups is 1. The zero-order valence-electron chi connectivity index (χ0n) is 8.31. The number of hydrogen-bond acceptors (Lipinski definition) is 3. The van der Waals surface area contributed by atoms with Crippen molar-refractivity contribution in [3.05, 3.63) is 24.3 Å². The average Bonchev–Trinajstić information content (AvgIpc) is 2.04. The van der Waals surface area contributed by atoms with Crippen LogP contribution in [0.25, 0.3) is 0 Å². The summed E-state index contributed by atoms with van der Waals surface area (Å²) in [5.41, 5.74) is 0. The molecule has 0 aliphatic carbocycles. The van der Waals surface area contributed by atoms with Gasteiger partial charge in [-0.25, -0.2) is 9.97 Å². The van der Waals surface area contributed by atoms with Crippen molar-refractivity contribution in [2.24, 2.45) is 5.92 Å². The molecule has 0 aliphatic rings. The Bertz CT molecular complexity index is 238. The van der Waals surface area contributed by atoms with Crippen molar-refractivity contribution in [2.75, 3.05) is 0 Å². The molecule has 0 bridgehead atoms. The molecule has 0 aliphatic heterocycles. The predicted molar refractivity (Wildman–Crippen MR) is 51.3 cm³/mol. The van der Waals surface area contributed by atoms with Crippen LogP contribution in [0.3, 0.4) is 0 Å². The van der Waals surface area contributed by atoms with E-state index in [9.17, 15) is 5.11 Å². The molecule has 3 heteroatoms. The molecule has 1 heterocycles. The second-order valence-electron chi connectivity index (χ2n) is 3.62. The van der Waals surface area contributed by atoms with Crippen LogP contribution in [0.5, 0.6) is 0 Å². The monoisotopic (exact) mass is 180 g/mol. The highest BCUT2D eigenvalue weighted by atomic mass is 16.3. The van der Waals surface area contributed by atoms with Crippen LogP contribution in [-0.2, 0) is 0 Å². The van der Waals surface area contributed by atoms with Crippen molar-refractivity contribution in [2.45, 2.75) is 32.8 Å². The van der Waals surface area contributed by atoms with Crippen LogP contribution in [0.2, 0.25) is 0 Å². The van der Waals surface area contributed by atoms with E-state index in [4.69, 9.17) is 0 Å². The molecule has 0 saturated carbocycles. The number of rotatable bonds is 3. The molecule has 1 aromatic heterocycles. The quantitative estimate of drug-likeness (QED) is 0.768. The van der Waals surface area contributed by atoms with E-state index in [0.29, 0.717) is 5.92 Å². The highest BCUT2D eigenvalue weighted by Crippen LogP contribution is 2.24. The lowest BCUT2D eigenvalue weighted by atomic mass is 9.90. The van der Waals surface area contributed by atoms with Gasteiger partial charge in [-0.05, 0) is 18.9 Å². The number of aliphatic hydroxyl groups excluding tert-OH is 1. The summed E-state index contributed by atoms with van der Waals surface area (Å²) in [6.07, 6.45) is 3.02. The van der Waals surface area contributed by atoms with Gasteiger partial charge in [0.15, 0.2) is 0 Å². The first-order valence-corrected chi connectivity index (χ1v) is 4.58. The Morgan fingerprint density at radius 3 is 2.08 bits per heavy atom. The van der Waals surface area contributed by atoms with Crippen molar-refractivity contribution < 1.29 is 5.11 Å². The Morgan fingerprint density at radius 2 is 1.69 bits per heavy atom. The lowest BCUT2D eigenvalue weighted by Gasteiger charge is -2.21. The van der Waals surface area contributed by atoms with Gasteiger partial charge in [0.1, 0.15) is 5.82 Å². The van der Waals surface area contributed by atoms with Crippen LogP contribution in [0.15, 0.2) is 18.5 Å². The minimum absolute atomic E-state index is 0.0289. The summed E-state index contributed by atoms with van der Waals surface area (Å²) < 4.78 is 0. The lowest BCUT2D eigenvalue weighted by Crippen LogP contribution is -2.22. The van der Waals surface area contributed by atoms with Crippen molar-refractivity contribution in [1.29, 1.82) is 0 Å². The molecule has 13 heavy (non-hydrogen) atoms. The number of nitrogens with zero attached hydrogens (tertiary/aromatic N) is 2. The summed E-state index contributed by atoms with van der Waals surface area (Å²) in [5, 5.41) is 9.56. The number of aromatic nitrogens is 2. The van der Waals surface area contributed by atoms with E-state index in [1.54, 1.807) is 25.4 Å². The van der Waals surface area contributed by atoms with Gasteiger partial charge in [-0.3, -0.25) is 0 Å². The molecule has 2 unspecified atom stereocenters. The Kier molecular flexibility index (Phi) is 3.37. The first-order valence-electron chi connectivity index (χ1n) is 4.58. The fraction of sp³-hybridized carbons (Fsp3) is 0.600. The summed E-state index contributed by atoms with van der Waals surface area (Å²) in [7, 11) is 0. The normalized spacial score (nSPS) is 15.8. The van der Waals surface area contributed by atoms with Crippen LogP contribution in [0.4, 0.5) is 0 Å². The largest absolute Gasteiger partial charge is 0.393 e. The third kappa shape index (κ3) is 2.49. The summed E-state index contributed by atoms with van der Waals surface area (Å²) in [6.45, 7) is 5.91. The molecule has 1 aromatic rings. The van der Waals surface area contributed by atoms with Gasteiger partial charge < -0.3 is 5.11 Å². The molecule has 3 nitrogen and oxygen atoms in total. The van der Waals surface area contributed by atoms with Gasteiger partial charge >= 0.3 is 0 Å². The molecule has 0 aromatic carbocycles. The standard InChI is InChI=1S/C10H16N2O/c1-7(2)9(8(3)13)10-11-5-4-6-12-10/h4-9,13H,1-3H3. The molecule has 2 atom stereocenters. The highest BCUT2D eigenvalue weighted by Gasteiger charge is 2.23. The molecule has 0 saturated heterocycles. The van der Waals surface area contributed by atoms with E-state index >= 15 is 0 Å². The minimum Gasteiger partial charge on any atom is -0.393 e. The topological polar surface area (TPSA) is 46.0 Å². The SMILES string of the molecule is CC(C)C(c1ncccn1)C(C)O. The maximum Gasteiger partial charge on any atom is 0.134 e. The minimum atomic E-state index is -0.401. The van der Waals surface area contributed by atoms with Crippen LogP contribution < -0.4 is 0 Å². The molecule has 0 spiro atoms. The summed E-state index contributed by atoms with van der Waals surface area (Å²) >= 11 is 0. The fourth-order valence-electron chi connectivity index (χ4n) is 1.55. The molecular formula is C10H16N2O. The first kappa shape index (κ1) is 10.1. The second kappa shape index (κ2) is 4.33. The van der Waals surface area contributed by atoms with Crippen LogP contribution in [0, 0.1) is 5.92 Å². The smallest absolute Gasteiger partial charge is 0.134 e. The van der Waals surface area contributed by atoms with E-state index < -0.39 is 6.10 Å². The summed E-state index contributed by atoms with van der Waals surface area (Å²) in [6, 6.07) is 1.78. The van der Waals surface area contributed by atoms with Gasteiger partial charge in [0.05, 0.1) is 6.10 Å². The second-order valence-corrected chi connectivity index (χ2v) is 3.62. The Balaban J connectivity index is 2.89. The molecule has 72 valence electrons. The highest BCUT2D eigenvalue weighted by molar-refractivity contribution is 5.00.